The number of Topliss-reactive ketones (excluding diaryl/α,β-unsaturated/α-hetero) is 1. The molecule has 0 bridgehead atoms. The largest absolute Gasteiger partial charge is 0.397 e. The third-order valence-corrected chi connectivity index (χ3v) is 2.42. The third kappa shape index (κ3) is 4.66. The summed E-state index contributed by atoms with van der Waals surface area (Å²) >= 11 is 0. The van der Waals surface area contributed by atoms with Crippen molar-refractivity contribution in [2.75, 3.05) is 6.61 Å². The Labute approximate surface area is 113 Å². The standard InChI is InChI=1S/C14H12O2.C2H6O/c15-13(11-7-3-1-4-8-11)14(16)12-9-5-2-6-10-12;1-2-3/h1-10,13,15H;3H,2H2,1H3. The molecule has 0 heterocycles. The molecule has 3 nitrogen and oxygen atoms in total. The average molecular weight is 258 g/mol. The van der Waals surface area contributed by atoms with E-state index in [0.717, 1.165) is 0 Å². The number of rotatable bonds is 3. The van der Waals surface area contributed by atoms with Crippen LogP contribution in [0.15, 0.2) is 60.7 Å². The van der Waals surface area contributed by atoms with Crippen molar-refractivity contribution < 1.29 is 15.0 Å². The van der Waals surface area contributed by atoms with E-state index in [1.807, 2.05) is 12.1 Å². The molecule has 0 fully saturated rings. The van der Waals surface area contributed by atoms with Crippen LogP contribution in [0.1, 0.15) is 28.9 Å². The molecule has 0 aliphatic carbocycles. The smallest absolute Gasteiger partial charge is 0.195 e. The molecule has 0 amide bonds. The van der Waals surface area contributed by atoms with Gasteiger partial charge < -0.3 is 10.2 Å². The lowest BCUT2D eigenvalue weighted by Crippen LogP contribution is -2.11. The van der Waals surface area contributed by atoms with Gasteiger partial charge in [-0.3, -0.25) is 4.79 Å². The van der Waals surface area contributed by atoms with Gasteiger partial charge in [0.15, 0.2) is 5.78 Å². The summed E-state index contributed by atoms with van der Waals surface area (Å²) in [5.74, 6) is -0.271. The van der Waals surface area contributed by atoms with Gasteiger partial charge in [0, 0.05) is 12.2 Å². The van der Waals surface area contributed by atoms with E-state index in [1.165, 1.54) is 0 Å². The van der Waals surface area contributed by atoms with E-state index in [9.17, 15) is 9.90 Å². The molecule has 0 aliphatic heterocycles. The molecule has 1 atom stereocenters. The lowest BCUT2D eigenvalue weighted by atomic mass is 10.0. The van der Waals surface area contributed by atoms with E-state index in [4.69, 9.17) is 5.11 Å². The van der Waals surface area contributed by atoms with Gasteiger partial charge >= 0.3 is 0 Å². The second-order valence-corrected chi connectivity index (χ2v) is 3.86. The second kappa shape index (κ2) is 8.19. The van der Waals surface area contributed by atoms with Gasteiger partial charge in [0.25, 0.3) is 0 Å². The average Bonchev–Trinajstić information content (AvgIpc) is 2.48. The highest BCUT2D eigenvalue weighted by molar-refractivity contribution is 5.99. The maximum atomic E-state index is 11.9. The molecule has 0 radical (unpaired) electrons. The molecule has 2 rings (SSSR count). The maximum Gasteiger partial charge on any atom is 0.195 e. The summed E-state index contributed by atoms with van der Waals surface area (Å²) in [6, 6.07) is 17.7. The van der Waals surface area contributed by atoms with Crippen molar-refractivity contribution in [2.45, 2.75) is 13.0 Å². The lowest BCUT2D eigenvalue weighted by Gasteiger charge is -2.09. The van der Waals surface area contributed by atoms with Gasteiger partial charge in [-0.25, -0.2) is 0 Å². The van der Waals surface area contributed by atoms with Crippen molar-refractivity contribution in [3.8, 4) is 0 Å². The Morgan fingerprint density at radius 3 is 1.89 bits per heavy atom. The monoisotopic (exact) mass is 258 g/mol. The number of carbonyl (C=O) groups is 1. The van der Waals surface area contributed by atoms with E-state index >= 15 is 0 Å². The molecular weight excluding hydrogens is 240 g/mol. The Morgan fingerprint density at radius 2 is 1.42 bits per heavy atom. The summed E-state index contributed by atoms with van der Waals surface area (Å²) in [4.78, 5) is 11.9. The molecule has 1 unspecified atom stereocenters. The maximum absolute atomic E-state index is 11.9. The minimum Gasteiger partial charge on any atom is -0.397 e. The van der Waals surface area contributed by atoms with Crippen LogP contribution in [0.3, 0.4) is 0 Å². The molecular formula is C16H18O3. The summed E-state index contributed by atoms with van der Waals surface area (Å²) in [6.07, 6.45) is -1.08. The van der Waals surface area contributed by atoms with E-state index in [1.54, 1.807) is 55.5 Å². The molecule has 3 heteroatoms. The SMILES string of the molecule is CCO.O=C(c1ccccc1)C(O)c1ccccc1. The van der Waals surface area contributed by atoms with E-state index in [-0.39, 0.29) is 12.4 Å². The normalized spacial score (nSPS) is 11.1. The fraction of sp³-hybridized carbons (Fsp3) is 0.188. The van der Waals surface area contributed by atoms with Gasteiger partial charge in [-0.2, -0.15) is 0 Å². The molecule has 0 spiro atoms. The fourth-order valence-electron chi connectivity index (χ4n) is 1.55. The zero-order chi connectivity index (χ0) is 14.1. The minimum atomic E-state index is -1.08. The molecule has 0 saturated heterocycles. The fourth-order valence-corrected chi connectivity index (χ4v) is 1.55. The number of hydrogen-bond acceptors (Lipinski definition) is 3. The Hall–Kier alpha value is -1.97. The van der Waals surface area contributed by atoms with Crippen molar-refractivity contribution in [3.63, 3.8) is 0 Å². The van der Waals surface area contributed by atoms with Crippen LogP contribution in [0.4, 0.5) is 0 Å². The minimum absolute atomic E-state index is 0.250. The van der Waals surface area contributed by atoms with Gasteiger partial charge in [-0.15, -0.1) is 0 Å². The van der Waals surface area contributed by atoms with Crippen molar-refractivity contribution in [1.29, 1.82) is 0 Å². The van der Waals surface area contributed by atoms with Crippen molar-refractivity contribution in [3.05, 3.63) is 71.8 Å². The summed E-state index contributed by atoms with van der Waals surface area (Å²) in [7, 11) is 0. The van der Waals surface area contributed by atoms with Crippen molar-refractivity contribution in [2.24, 2.45) is 0 Å². The van der Waals surface area contributed by atoms with Crippen molar-refractivity contribution in [1.82, 2.24) is 0 Å². The summed E-state index contributed by atoms with van der Waals surface area (Å²) in [5.41, 5.74) is 1.15. The summed E-state index contributed by atoms with van der Waals surface area (Å²) in [5, 5.41) is 17.5. The number of hydrogen-bond donors (Lipinski definition) is 2. The highest BCUT2D eigenvalue weighted by Crippen LogP contribution is 2.17. The first-order valence-corrected chi connectivity index (χ1v) is 6.13. The molecule has 2 N–H and O–H groups in total. The Morgan fingerprint density at radius 1 is 1.00 bits per heavy atom. The molecule has 19 heavy (non-hydrogen) atoms. The molecule has 2 aromatic rings. The van der Waals surface area contributed by atoms with Crippen LogP contribution in [0.2, 0.25) is 0 Å². The van der Waals surface area contributed by atoms with Crippen LogP contribution in [0.25, 0.3) is 0 Å². The Kier molecular flexibility index (Phi) is 6.50. The van der Waals surface area contributed by atoms with E-state index in [0.29, 0.717) is 11.1 Å². The van der Waals surface area contributed by atoms with E-state index < -0.39 is 6.10 Å². The van der Waals surface area contributed by atoms with Crippen LogP contribution < -0.4 is 0 Å². The predicted molar refractivity (Wildman–Crippen MR) is 74.9 cm³/mol. The highest BCUT2D eigenvalue weighted by Gasteiger charge is 2.18. The van der Waals surface area contributed by atoms with Crippen LogP contribution >= 0.6 is 0 Å². The van der Waals surface area contributed by atoms with Crippen LogP contribution in [0.5, 0.6) is 0 Å². The molecule has 0 saturated carbocycles. The van der Waals surface area contributed by atoms with Crippen molar-refractivity contribution >= 4 is 5.78 Å². The zero-order valence-electron chi connectivity index (χ0n) is 10.9. The van der Waals surface area contributed by atoms with Crippen LogP contribution in [-0.4, -0.2) is 22.6 Å². The van der Waals surface area contributed by atoms with Gasteiger partial charge in [-0.05, 0) is 12.5 Å². The Balaban J connectivity index is 0.000000550. The first-order valence-electron chi connectivity index (χ1n) is 6.13. The van der Waals surface area contributed by atoms with Gasteiger partial charge in [0.1, 0.15) is 6.10 Å². The number of carbonyl (C=O) groups excluding carboxylic acids is 1. The highest BCUT2D eigenvalue weighted by atomic mass is 16.3. The topological polar surface area (TPSA) is 57.5 Å². The zero-order valence-corrected chi connectivity index (χ0v) is 10.9. The molecule has 100 valence electrons. The lowest BCUT2D eigenvalue weighted by molar-refractivity contribution is 0.0747. The summed E-state index contributed by atoms with van der Waals surface area (Å²) < 4.78 is 0. The first-order chi connectivity index (χ1) is 9.20. The second-order valence-electron chi connectivity index (χ2n) is 3.86. The molecule has 0 aromatic heterocycles. The Bertz CT molecular complexity index is 480. The van der Waals surface area contributed by atoms with Gasteiger partial charge in [-0.1, -0.05) is 60.7 Å². The first kappa shape index (κ1) is 15.1. The molecule has 2 aromatic carbocycles. The number of aliphatic hydroxyl groups is 2. The third-order valence-electron chi connectivity index (χ3n) is 2.42. The number of ketones is 1. The van der Waals surface area contributed by atoms with Gasteiger partial charge in [0.2, 0.25) is 0 Å². The number of aliphatic hydroxyl groups excluding tert-OH is 2. The van der Waals surface area contributed by atoms with Crippen LogP contribution in [0, 0.1) is 0 Å². The summed E-state index contributed by atoms with van der Waals surface area (Å²) in [6.45, 7) is 1.93. The molecule has 0 aliphatic rings. The predicted octanol–water partition coefficient (Wildman–Crippen LogP) is 2.60. The quantitative estimate of drug-likeness (QED) is 0.832. The van der Waals surface area contributed by atoms with E-state index in [2.05, 4.69) is 0 Å². The van der Waals surface area contributed by atoms with Crippen LogP contribution in [-0.2, 0) is 0 Å². The van der Waals surface area contributed by atoms with Gasteiger partial charge in [0.05, 0.1) is 0 Å². The number of benzene rings is 2.